The number of carbonyl (C=O) groups is 1. The van der Waals surface area contributed by atoms with Gasteiger partial charge in [-0.15, -0.1) is 0 Å². The van der Waals surface area contributed by atoms with Crippen molar-refractivity contribution in [2.75, 3.05) is 0 Å². The quantitative estimate of drug-likeness (QED) is 0.338. The van der Waals surface area contributed by atoms with Crippen LogP contribution >= 0.6 is 0 Å². The van der Waals surface area contributed by atoms with Gasteiger partial charge in [0.2, 0.25) is 0 Å². The van der Waals surface area contributed by atoms with Crippen molar-refractivity contribution < 1.29 is 7.54 Å². The van der Waals surface area contributed by atoms with Gasteiger partial charge in [-0.05, 0) is 37.7 Å². The van der Waals surface area contributed by atoms with E-state index in [-0.39, 0.29) is 6.53 Å². The van der Waals surface area contributed by atoms with Crippen molar-refractivity contribution >= 4 is 6.29 Å². The van der Waals surface area contributed by atoms with Crippen molar-refractivity contribution in [3.05, 3.63) is 23.8 Å². The molecule has 1 rings (SSSR count). The Morgan fingerprint density at radius 3 is 3.27 bits per heavy atom. The van der Waals surface area contributed by atoms with Crippen molar-refractivity contribution in [3.8, 4) is 0 Å². The van der Waals surface area contributed by atoms with Gasteiger partial charge in [0.1, 0.15) is 6.29 Å². The summed E-state index contributed by atoms with van der Waals surface area (Å²) in [4.78, 5) is 10.4. The summed E-state index contributed by atoms with van der Waals surface area (Å²) < 4.78 is 14.3. The molecule has 0 N–H and O–H groups in total. The number of aldehydes is 1. The molecule has 0 aromatic heterocycles. The second kappa shape index (κ2) is 3.51. The average Bonchev–Trinajstić information content (AvgIpc) is 2.17. The zero-order chi connectivity index (χ0) is 9.84. The van der Waals surface area contributed by atoms with Gasteiger partial charge < -0.3 is 0 Å². The van der Waals surface area contributed by atoms with Crippen LogP contribution in [0, 0.1) is 5.92 Å². The van der Waals surface area contributed by atoms with Crippen LogP contribution in [0.25, 0.3) is 0 Å². The van der Waals surface area contributed by atoms with E-state index in [1.807, 2.05) is 13.0 Å². The molecule has 1 nitrogen and oxygen atoms in total. The lowest BCUT2D eigenvalue weighted by molar-refractivity contribution is -0.105. The van der Waals surface area contributed by atoms with E-state index in [1.54, 1.807) is 0 Å². The fourth-order valence-corrected chi connectivity index (χ4v) is 1.35. The van der Waals surface area contributed by atoms with Gasteiger partial charge in [0.15, 0.2) is 0 Å². The predicted octanol–water partition coefficient (Wildman–Crippen LogP) is 2.49. The summed E-state index contributed by atoms with van der Waals surface area (Å²) in [5.74, 6) is 0.300. The zero-order valence-electron chi connectivity index (χ0n) is 8.76. The second-order valence-electron chi connectivity index (χ2n) is 3.05. The van der Waals surface area contributed by atoms with Crippen LogP contribution in [0.3, 0.4) is 0 Å². The standard InChI is InChI=1S/C10H14O/c1-8(2)10-5-3-9(7-11)4-6-10/h3,7,10H,1,4-6H2,2H3/t10-/m1/s1/i1+1D2. The highest BCUT2D eigenvalue weighted by atomic mass is 16.1. The first-order valence-electron chi connectivity index (χ1n) is 4.93. The van der Waals surface area contributed by atoms with Crippen molar-refractivity contribution in [1.82, 2.24) is 0 Å². The van der Waals surface area contributed by atoms with Crippen molar-refractivity contribution in [2.24, 2.45) is 5.92 Å². The minimum absolute atomic E-state index is 0.0760. The largest absolute Gasteiger partial charge is 0.298 e. The van der Waals surface area contributed by atoms with Crippen LogP contribution in [0.15, 0.2) is 23.8 Å². The third kappa shape index (κ3) is 2.04. The van der Waals surface area contributed by atoms with Gasteiger partial charge in [0.05, 0.1) is 2.74 Å². The highest BCUT2D eigenvalue weighted by Gasteiger charge is 2.13. The van der Waals surface area contributed by atoms with E-state index in [9.17, 15) is 4.79 Å². The Morgan fingerprint density at radius 2 is 2.82 bits per heavy atom. The maximum atomic E-state index is 10.4. The normalized spacial score (nSPS) is 26.3. The molecule has 11 heavy (non-hydrogen) atoms. The molecule has 0 heterocycles. The van der Waals surface area contributed by atoms with Gasteiger partial charge in [-0.1, -0.05) is 18.2 Å². The molecule has 1 heteroatoms. The smallest absolute Gasteiger partial charge is 0.145 e. The third-order valence-electron chi connectivity index (χ3n) is 2.21. The first kappa shape index (κ1) is 5.76. The first-order chi connectivity index (χ1) is 6.15. The zero-order valence-corrected chi connectivity index (χ0v) is 6.76. The van der Waals surface area contributed by atoms with E-state index in [0.29, 0.717) is 5.92 Å². The first-order valence-corrected chi connectivity index (χ1v) is 3.93. The lowest BCUT2D eigenvalue weighted by Gasteiger charge is -2.19. The van der Waals surface area contributed by atoms with Crippen LogP contribution in [0.1, 0.15) is 28.9 Å². The minimum atomic E-state index is -0.0760. The Balaban J connectivity index is 2.65. The van der Waals surface area contributed by atoms with Gasteiger partial charge in [0.25, 0.3) is 0 Å². The summed E-state index contributed by atoms with van der Waals surface area (Å²) in [5.41, 5.74) is 1.70. The topological polar surface area (TPSA) is 17.1 Å². The van der Waals surface area contributed by atoms with E-state index in [2.05, 4.69) is 0 Å². The Morgan fingerprint density at radius 1 is 2.00 bits per heavy atom. The van der Waals surface area contributed by atoms with Crippen molar-refractivity contribution in [3.63, 3.8) is 0 Å². The molecule has 0 spiro atoms. The molecule has 0 radical (unpaired) electrons. The van der Waals surface area contributed by atoms with Crippen LogP contribution in [0.2, 0.25) is 0 Å². The Kier molecular flexibility index (Phi) is 1.84. The van der Waals surface area contributed by atoms with Gasteiger partial charge in [-0.25, -0.2) is 0 Å². The number of carbonyl (C=O) groups excluding carboxylic acids is 1. The fraction of sp³-hybridized carbons (Fsp3) is 0.500. The highest BCUT2D eigenvalue weighted by molar-refractivity contribution is 5.73. The van der Waals surface area contributed by atoms with Gasteiger partial charge >= 0.3 is 0 Å². The number of allylic oxidation sites excluding steroid dienone is 3. The van der Waals surface area contributed by atoms with E-state index in [4.69, 9.17) is 2.74 Å². The molecular weight excluding hydrogens is 137 g/mol. The number of rotatable bonds is 2. The van der Waals surface area contributed by atoms with Crippen LogP contribution in [-0.2, 0) is 4.79 Å². The second-order valence-corrected chi connectivity index (χ2v) is 3.05. The maximum absolute atomic E-state index is 10.4. The fourth-order valence-electron chi connectivity index (χ4n) is 1.35. The number of hydrogen-bond acceptors (Lipinski definition) is 1. The summed E-state index contributed by atoms with van der Waals surface area (Å²) in [6, 6.07) is 0. The molecule has 0 aliphatic heterocycles. The van der Waals surface area contributed by atoms with Crippen LogP contribution in [-0.4, -0.2) is 6.29 Å². The molecule has 1 aliphatic carbocycles. The van der Waals surface area contributed by atoms with E-state index in [0.717, 1.165) is 36.7 Å². The third-order valence-corrected chi connectivity index (χ3v) is 2.21. The van der Waals surface area contributed by atoms with Crippen LogP contribution in [0.4, 0.5) is 0 Å². The lowest BCUT2D eigenvalue weighted by Crippen LogP contribution is -2.06. The molecule has 1 atom stereocenters. The van der Waals surface area contributed by atoms with Gasteiger partial charge in [0, 0.05) is 0 Å². The molecular formula is C10H14O. The molecule has 1 aliphatic rings. The minimum Gasteiger partial charge on any atom is -0.298 e. The summed E-state index contributed by atoms with van der Waals surface area (Å²) in [7, 11) is 0. The summed E-state index contributed by atoms with van der Waals surface area (Å²) in [5, 5.41) is 0. The van der Waals surface area contributed by atoms with Crippen LogP contribution < -0.4 is 0 Å². The monoisotopic (exact) mass is 153 g/mol. The highest BCUT2D eigenvalue weighted by Crippen LogP contribution is 2.26. The molecule has 0 unspecified atom stereocenters. The summed E-state index contributed by atoms with van der Waals surface area (Å²) >= 11 is 0. The van der Waals surface area contributed by atoms with E-state index in [1.165, 1.54) is 0 Å². The van der Waals surface area contributed by atoms with E-state index < -0.39 is 0 Å². The molecule has 0 saturated carbocycles. The summed E-state index contributed by atoms with van der Waals surface area (Å²) in [6.45, 7) is 1.76. The molecule has 60 valence electrons. The van der Waals surface area contributed by atoms with E-state index >= 15 is 0 Å². The van der Waals surface area contributed by atoms with Crippen LogP contribution in [0.5, 0.6) is 0 Å². The maximum Gasteiger partial charge on any atom is 0.145 e. The average molecular weight is 153 g/mol. The molecule has 0 aromatic carbocycles. The van der Waals surface area contributed by atoms with Crippen molar-refractivity contribution in [2.45, 2.75) is 26.2 Å². The SMILES string of the molecule is [2H][13C]([2H])=C(C)[C@@H]1CC=C(C=O)CC1. The molecule has 0 bridgehead atoms. The Bertz CT molecular complexity index is 262. The number of hydrogen-bond donors (Lipinski definition) is 0. The molecule has 0 amide bonds. The molecule has 0 fully saturated rings. The Labute approximate surface area is 70.6 Å². The lowest BCUT2D eigenvalue weighted by atomic mass is 9.87. The predicted molar refractivity (Wildman–Crippen MR) is 46.3 cm³/mol. The van der Waals surface area contributed by atoms with Gasteiger partial charge in [-0.3, -0.25) is 4.79 Å². The molecule has 0 saturated heterocycles. The Hall–Kier alpha value is -0.850. The van der Waals surface area contributed by atoms with Crippen molar-refractivity contribution in [1.29, 1.82) is 0 Å². The molecule has 0 aromatic rings. The van der Waals surface area contributed by atoms with Gasteiger partial charge in [-0.2, -0.15) is 0 Å². The summed E-state index contributed by atoms with van der Waals surface area (Å²) in [6.07, 6.45) is 5.32.